The number of hydrogen-bond donors (Lipinski definition) is 1. The van der Waals surface area contributed by atoms with Crippen molar-refractivity contribution in [1.82, 2.24) is 0 Å². The molecule has 0 radical (unpaired) electrons. The van der Waals surface area contributed by atoms with Crippen LogP contribution in [0.2, 0.25) is 9.36 Å². The van der Waals surface area contributed by atoms with E-state index in [4.69, 9.17) is 28.9 Å². The second kappa shape index (κ2) is 3.81. The Morgan fingerprint density at radius 2 is 1.86 bits per heavy atom. The molecule has 0 saturated heterocycles. The topological polar surface area (TPSA) is 26.0 Å². The maximum atomic E-state index is 5.89. The number of nitrogen functional groups attached to an aromatic ring is 1. The van der Waals surface area contributed by atoms with Crippen LogP contribution in [0.15, 0.2) is 30.3 Å². The van der Waals surface area contributed by atoms with Gasteiger partial charge < -0.3 is 5.73 Å². The van der Waals surface area contributed by atoms with Crippen LogP contribution in [-0.4, -0.2) is 0 Å². The van der Waals surface area contributed by atoms with Crippen molar-refractivity contribution in [3.8, 4) is 10.4 Å². The van der Waals surface area contributed by atoms with Gasteiger partial charge in [0.1, 0.15) is 0 Å². The molecule has 0 aliphatic heterocycles. The fourth-order valence-corrected chi connectivity index (χ4v) is 2.45. The van der Waals surface area contributed by atoms with Crippen molar-refractivity contribution in [2.24, 2.45) is 0 Å². The molecule has 0 aliphatic carbocycles. The molecule has 1 heterocycles. The van der Waals surface area contributed by atoms with E-state index in [2.05, 4.69) is 0 Å². The molecule has 0 amide bonds. The van der Waals surface area contributed by atoms with Crippen LogP contribution < -0.4 is 5.73 Å². The van der Waals surface area contributed by atoms with Crippen LogP contribution in [0.5, 0.6) is 0 Å². The third kappa shape index (κ3) is 1.87. The molecule has 0 fully saturated rings. The lowest BCUT2D eigenvalue weighted by molar-refractivity contribution is 1.67. The number of nitrogens with two attached hydrogens (primary N) is 1. The maximum Gasteiger partial charge on any atom is 0.0934 e. The first kappa shape index (κ1) is 9.84. The van der Waals surface area contributed by atoms with E-state index in [0.29, 0.717) is 10.7 Å². The van der Waals surface area contributed by atoms with E-state index in [9.17, 15) is 0 Å². The van der Waals surface area contributed by atoms with Crippen molar-refractivity contribution in [3.05, 3.63) is 39.7 Å². The first-order chi connectivity index (χ1) is 6.66. The maximum absolute atomic E-state index is 5.89. The zero-order chi connectivity index (χ0) is 10.1. The lowest BCUT2D eigenvalue weighted by Gasteiger charge is -2.02. The average molecular weight is 244 g/mol. The van der Waals surface area contributed by atoms with Gasteiger partial charge in [-0.3, -0.25) is 0 Å². The highest BCUT2D eigenvalue weighted by molar-refractivity contribution is 7.19. The highest BCUT2D eigenvalue weighted by atomic mass is 35.5. The van der Waals surface area contributed by atoms with Crippen molar-refractivity contribution in [2.45, 2.75) is 0 Å². The Hall–Kier alpha value is -0.700. The molecule has 0 aliphatic rings. The minimum absolute atomic E-state index is 0.679. The molecule has 1 aromatic carbocycles. The highest BCUT2D eigenvalue weighted by Crippen LogP contribution is 2.35. The largest absolute Gasteiger partial charge is 0.398 e. The number of thiophene rings is 1. The van der Waals surface area contributed by atoms with Gasteiger partial charge in [-0.25, -0.2) is 0 Å². The molecule has 1 nitrogen and oxygen atoms in total. The van der Waals surface area contributed by atoms with Gasteiger partial charge in [-0.1, -0.05) is 23.2 Å². The molecular weight excluding hydrogens is 237 g/mol. The van der Waals surface area contributed by atoms with Gasteiger partial charge in [0.2, 0.25) is 0 Å². The fourth-order valence-electron chi connectivity index (χ4n) is 1.20. The number of hydrogen-bond acceptors (Lipinski definition) is 2. The van der Waals surface area contributed by atoms with E-state index in [1.165, 1.54) is 11.3 Å². The zero-order valence-electron chi connectivity index (χ0n) is 7.13. The first-order valence-electron chi connectivity index (χ1n) is 3.97. The molecule has 0 saturated carbocycles. The molecular formula is C10H7Cl2NS. The van der Waals surface area contributed by atoms with Gasteiger partial charge in [0.05, 0.1) is 4.34 Å². The van der Waals surface area contributed by atoms with Crippen LogP contribution in [0.4, 0.5) is 5.69 Å². The van der Waals surface area contributed by atoms with Crippen molar-refractivity contribution < 1.29 is 0 Å². The standard InChI is InChI=1S/C10H7Cl2NS/c11-6-1-2-8(13)7(5-6)9-3-4-10(12)14-9/h1-5H,13H2. The fraction of sp³-hybridized carbons (Fsp3) is 0. The second-order valence-electron chi connectivity index (χ2n) is 2.84. The van der Waals surface area contributed by atoms with Crippen molar-refractivity contribution in [3.63, 3.8) is 0 Å². The van der Waals surface area contributed by atoms with E-state index in [0.717, 1.165) is 14.8 Å². The minimum atomic E-state index is 0.679. The van der Waals surface area contributed by atoms with E-state index >= 15 is 0 Å². The molecule has 2 aromatic rings. The van der Waals surface area contributed by atoms with Crippen LogP contribution in [0.25, 0.3) is 10.4 Å². The summed E-state index contributed by atoms with van der Waals surface area (Å²) < 4.78 is 0.749. The Labute approximate surface area is 96.1 Å². The minimum Gasteiger partial charge on any atom is -0.398 e. The van der Waals surface area contributed by atoms with Crippen molar-refractivity contribution >= 4 is 40.2 Å². The SMILES string of the molecule is Nc1ccc(Cl)cc1-c1ccc(Cl)s1. The summed E-state index contributed by atoms with van der Waals surface area (Å²) >= 11 is 13.2. The van der Waals surface area contributed by atoms with Crippen LogP contribution in [0.1, 0.15) is 0 Å². The van der Waals surface area contributed by atoms with E-state index < -0.39 is 0 Å². The van der Waals surface area contributed by atoms with Gasteiger partial charge in [0.25, 0.3) is 0 Å². The molecule has 1 aromatic heterocycles. The molecule has 2 N–H and O–H groups in total. The van der Waals surface area contributed by atoms with Gasteiger partial charge in [-0.15, -0.1) is 11.3 Å². The molecule has 0 unspecified atom stereocenters. The summed E-state index contributed by atoms with van der Waals surface area (Å²) in [5.74, 6) is 0. The van der Waals surface area contributed by atoms with Crippen LogP contribution >= 0.6 is 34.5 Å². The van der Waals surface area contributed by atoms with Crippen molar-refractivity contribution in [2.75, 3.05) is 5.73 Å². The third-order valence-electron chi connectivity index (χ3n) is 1.85. The number of benzene rings is 1. The van der Waals surface area contributed by atoms with E-state index in [1.807, 2.05) is 18.2 Å². The Kier molecular flexibility index (Phi) is 2.68. The third-order valence-corrected chi connectivity index (χ3v) is 3.35. The Balaban J connectivity index is 2.55. The predicted molar refractivity (Wildman–Crippen MR) is 64.2 cm³/mol. The summed E-state index contributed by atoms with van der Waals surface area (Å²) in [6, 6.07) is 9.21. The molecule has 14 heavy (non-hydrogen) atoms. The molecule has 0 atom stereocenters. The number of anilines is 1. The smallest absolute Gasteiger partial charge is 0.0934 e. The Morgan fingerprint density at radius 3 is 2.50 bits per heavy atom. The van der Waals surface area contributed by atoms with Crippen LogP contribution in [0, 0.1) is 0 Å². The summed E-state index contributed by atoms with van der Waals surface area (Å²) in [6.45, 7) is 0. The molecule has 72 valence electrons. The van der Waals surface area contributed by atoms with E-state index in [1.54, 1.807) is 12.1 Å². The summed E-state index contributed by atoms with van der Waals surface area (Å²) in [4.78, 5) is 1.04. The number of halogens is 2. The Morgan fingerprint density at radius 1 is 1.07 bits per heavy atom. The molecule has 0 spiro atoms. The summed E-state index contributed by atoms with van der Waals surface area (Å²) in [5.41, 5.74) is 7.49. The second-order valence-corrected chi connectivity index (χ2v) is 4.99. The van der Waals surface area contributed by atoms with Crippen LogP contribution in [0.3, 0.4) is 0 Å². The number of rotatable bonds is 1. The van der Waals surface area contributed by atoms with Gasteiger partial charge in [-0.05, 0) is 30.3 Å². The zero-order valence-corrected chi connectivity index (χ0v) is 9.46. The van der Waals surface area contributed by atoms with E-state index in [-0.39, 0.29) is 0 Å². The predicted octanol–water partition coefficient (Wildman–Crippen LogP) is 4.30. The first-order valence-corrected chi connectivity index (χ1v) is 5.55. The van der Waals surface area contributed by atoms with Gasteiger partial charge in [0.15, 0.2) is 0 Å². The Bertz CT molecular complexity index is 465. The molecule has 2 rings (SSSR count). The lowest BCUT2D eigenvalue weighted by Crippen LogP contribution is -1.87. The van der Waals surface area contributed by atoms with Gasteiger partial charge >= 0.3 is 0 Å². The quantitative estimate of drug-likeness (QED) is 0.743. The monoisotopic (exact) mass is 243 g/mol. The molecule has 0 bridgehead atoms. The summed E-state index contributed by atoms with van der Waals surface area (Å²) in [6.07, 6.45) is 0. The van der Waals surface area contributed by atoms with Crippen molar-refractivity contribution in [1.29, 1.82) is 0 Å². The van der Waals surface area contributed by atoms with Gasteiger partial charge in [0, 0.05) is 21.2 Å². The van der Waals surface area contributed by atoms with Crippen LogP contribution in [-0.2, 0) is 0 Å². The highest BCUT2D eigenvalue weighted by Gasteiger charge is 2.05. The average Bonchev–Trinajstić information content (AvgIpc) is 2.56. The molecule has 4 heteroatoms. The summed E-state index contributed by atoms with van der Waals surface area (Å²) in [7, 11) is 0. The normalized spacial score (nSPS) is 10.4. The van der Waals surface area contributed by atoms with Gasteiger partial charge in [-0.2, -0.15) is 0 Å². The lowest BCUT2D eigenvalue weighted by atomic mass is 10.1. The summed E-state index contributed by atoms with van der Waals surface area (Å²) in [5, 5.41) is 0.679.